The molecule has 0 amide bonds. The quantitative estimate of drug-likeness (QED) is 0.550. The SMILES string of the molecule is C=CC1[C@H](COCc2ccccc2)N1S(=O)(=O)c1c(C)cc(C)cc1C. The number of ether oxygens (including phenoxy) is 1. The maximum atomic E-state index is 13.2. The Bertz CT molecular complexity index is 883. The van der Waals surface area contributed by atoms with Crippen LogP contribution < -0.4 is 0 Å². The summed E-state index contributed by atoms with van der Waals surface area (Å²) in [5.74, 6) is 0. The summed E-state index contributed by atoms with van der Waals surface area (Å²) >= 11 is 0. The fourth-order valence-corrected chi connectivity index (χ4v) is 5.78. The van der Waals surface area contributed by atoms with Gasteiger partial charge in [-0.2, -0.15) is 4.31 Å². The molecule has 1 fully saturated rings. The van der Waals surface area contributed by atoms with E-state index in [1.807, 2.05) is 63.2 Å². The van der Waals surface area contributed by atoms with Gasteiger partial charge in [0.2, 0.25) is 10.0 Å². The van der Waals surface area contributed by atoms with E-state index in [1.54, 1.807) is 6.08 Å². The molecule has 138 valence electrons. The van der Waals surface area contributed by atoms with Gasteiger partial charge >= 0.3 is 0 Å². The molecule has 1 aliphatic heterocycles. The van der Waals surface area contributed by atoms with Crippen LogP contribution >= 0.6 is 0 Å². The lowest BCUT2D eigenvalue weighted by Crippen LogP contribution is -2.19. The Morgan fingerprint density at radius 2 is 1.73 bits per heavy atom. The topological polar surface area (TPSA) is 46.4 Å². The molecule has 2 aromatic carbocycles. The third kappa shape index (κ3) is 3.61. The molecule has 5 heteroatoms. The molecule has 26 heavy (non-hydrogen) atoms. The lowest BCUT2D eigenvalue weighted by molar-refractivity contribution is 0.118. The first-order chi connectivity index (χ1) is 12.4. The largest absolute Gasteiger partial charge is 0.375 e. The van der Waals surface area contributed by atoms with Crippen molar-refractivity contribution in [3.8, 4) is 0 Å². The van der Waals surface area contributed by atoms with Gasteiger partial charge in [-0.1, -0.05) is 54.1 Å². The Morgan fingerprint density at radius 3 is 2.31 bits per heavy atom. The smallest absolute Gasteiger partial charge is 0.244 e. The Balaban J connectivity index is 1.75. The van der Waals surface area contributed by atoms with Crippen molar-refractivity contribution in [3.63, 3.8) is 0 Å². The fraction of sp³-hybridized carbons (Fsp3) is 0.333. The highest BCUT2D eigenvalue weighted by Crippen LogP contribution is 2.39. The first-order valence-electron chi connectivity index (χ1n) is 8.72. The molecule has 1 aliphatic rings. The highest BCUT2D eigenvalue weighted by atomic mass is 32.2. The van der Waals surface area contributed by atoms with Gasteiger partial charge in [0.25, 0.3) is 0 Å². The van der Waals surface area contributed by atoms with Crippen LogP contribution in [0.5, 0.6) is 0 Å². The normalized spacial score (nSPS) is 22.2. The Labute approximate surface area is 156 Å². The van der Waals surface area contributed by atoms with E-state index in [0.29, 0.717) is 18.1 Å². The van der Waals surface area contributed by atoms with Gasteiger partial charge in [-0.05, 0) is 37.5 Å². The van der Waals surface area contributed by atoms with Crippen LogP contribution in [0.15, 0.2) is 60.0 Å². The molecule has 2 aromatic rings. The number of benzene rings is 2. The van der Waals surface area contributed by atoms with Gasteiger partial charge in [0.1, 0.15) is 0 Å². The second kappa shape index (κ2) is 7.35. The molecular weight excluding hydrogens is 346 g/mol. The van der Waals surface area contributed by atoms with Crippen molar-refractivity contribution >= 4 is 10.0 Å². The molecule has 0 aliphatic carbocycles. The monoisotopic (exact) mass is 371 g/mol. The van der Waals surface area contributed by atoms with Gasteiger partial charge in [0.05, 0.1) is 30.2 Å². The van der Waals surface area contributed by atoms with Gasteiger partial charge in [0, 0.05) is 0 Å². The van der Waals surface area contributed by atoms with Crippen molar-refractivity contribution in [2.45, 2.75) is 44.4 Å². The summed E-state index contributed by atoms with van der Waals surface area (Å²) in [6.45, 7) is 10.3. The molecule has 3 rings (SSSR count). The average Bonchev–Trinajstić information content (AvgIpc) is 3.29. The molecule has 2 unspecified atom stereocenters. The maximum absolute atomic E-state index is 13.2. The number of sulfonamides is 1. The van der Waals surface area contributed by atoms with E-state index in [9.17, 15) is 8.42 Å². The Morgan fingerprint density at radius 1 is 1.12 bits per heavy atom. The third-order valence-electron chi connectivity index (χ3n) is 4.71. The number of aryl methyl sites for hydroxylation is 3. The second-order valence-corrected chi connectivity index (χ2v) is 8.64. The minimum atomic E-state index is -3.57. The number of rotatable bonds is 7. The van der Waals surface area contributed by atoms with E-state index in [-0.39, 0.29) is 12.1 Å². The summed E-state index contributed by atoms with van der Waals surface area (Å²) in [5, 5.41) is 0. The molecule has 0 bridgehead atoms. The minimum Gasteiger partial charge on any atom is -0.375 e. The van der Waals surface area contributed by atoms with E-state index >= 15 is 0 Å². The van der Waals surface area contributed by atoms with Crippen LogP contribution in [0.3, 0.4) is 0 Å². The molecular formula is C21H25NO3S. The average molecular weight is 372 g/mol. The lowest BCUT2D eigenvalue weighted by Gasteiger charge is -2.13. The van der Waals surface area contributed by atoms with Crippen LogP contribution in [0.25, 0.3) is 0 Å². The van der Waals surface area contributed by atoms with E-state index < -0.39 is 10.0 Å². The van der Waals surface area contributed by atoms with E-state index in [0.717, 1.165) is 22.3 Å². The zero-order chi connectivity index (χ0) is 18.9. The summed E-state index contributed by atoms with van der Waals surface area (Å²) in [4.78, 5) is 0.403. The van der Waals surface area contributed by atoms with Crippen molar-refractivity contribution in [1.82, 2.24) is 4.31 Å². The van der Waals surface area contributed by atoms with Crippen LogP contribution in [0, 0.1) is 20.8 Å². The van der Waals surface area contributed by atoms with Crippen molar-refractivity contribution in [1.29, 1.82) is 0 Å². The van der Waals surface area contributed by atoms with Crippen molar-refractivity contribution < 1.29 is 13.2 Å². The maximum Gasteiger partial charge on any atom is 0.244 e. The number of hydrogen-bond donors (Lipinski definition) is 0. The summed E-state index contributed by atoms with van der Waals surface area (Å²) in [6, 6.07) is 13.3. The van der Waals surface area contributed by atoms with Gasteiger partial charge < -0.3 is 4.74 Å². The van der Waals surface area contributed by atoms with E-state index in [4.69, 9.17) is 4.74 Å². The van der Waals surface area contributed by atoms with Crippen LogP contribution in [0.2, 0.25) is 0 Å². The molecule has 3 atom stereocenters. The first kappa shape index (κ1) is 18.8. The summed E-state index contributed by atoms with van der Waals surface area (Å²) in [5.41, 5.74) is 3.69. The van der Waals surface area contributed by atoms with E-state index in [2.05, 4.69) is 6.58 Å². The molecule has 0 radical (unpaired) electrons. The lowest BCUT2D eigenvalue weighted by atomic mass is 10.1. The summed E-state index contributed by atoms with van der Waals surface area (Å²) in [7, 11) is -3.57. The summed E-state index contributed by atoms with van der Waals surface area (Å²) < 4.78 is 33.6. The fourth-order valence-electron chi connectivity index (χ4n) is 3.60. The second-order valence-electron chi connectivity index (χ2n) is 6.86. The van der Waals surface area contributed by atoms with Crippen molar-refractivity contribution in [2.75, 3.05) is 6.61 Å². The standard InChI is InChI=1S/C21H25NO3S/c1-5-19-20(14-25-13-18-9-7-6-8-10-18)22(19)26(23,24)21-16(3)11-15(2)12-17(21)4/h5-12,19-20H,1,13-14H2,2-4H3/t19?,20-,22?/m0/s1. The van der Waals surface area contributed by atoms with Gasteiger partial charge in [-0.3, -0.25) is 0 Å². The van der Waals surface area contributed by atoms with Gasteiger partial charge in [-0.15, -0.1) is 6.58 Å². The molecule has 4 nitrogen and oxygen atoms in total. The highest BCUT2D eigenvalue weighted by molar-refractivity contribution is 7.89. The highest BCUT2D eigenvalue weighted by Gasteiger charge is 2.54. The predicted octanol–water partition coefficient (Wildman–Crippen LogP) is 3.76. The molecule has 1 heterocycles. The van der Waals surface area contributed by atoms with Crippen molar-refractivity contribution in [3.05, 3.63) is 77.4 Å². The molecule has 0 saturated carbocycles. The zero-order valence-electron chi connectivity index (χ0n) is 15.5. The number of nitrogens with zero attached hydrogens (tertiary/aromatic N) is 1. The van der Waals surface area contributed by atoms with Crippen LogP contribution in [-0.4, -0.2) is 31.4 Å². The van der Waals surface area contributed by atoms with Crippen LogP contribution in [-0.2, 0) is 21.4 Å². The zero-order valence-corrected chi connectivity index (χ0v) is 16.3. The molecule has 0 spiro atoms. The predicted molar refractivity (Wildman–Crippen MR) is 104 cm³/mol. The molecule has 1 saturated heterocycles. The van der Waals surface area contributed by atoms with Gasteiger partial charge in [-0.25, -0.2) is 8.42 Å². The third-order valence-corrected chi connectivity index (χ3v) is 6.94. The van der Waals surface area contributed by atoms with Gasteiger partial charge in [0.15, 0.2) is 0 Å². The van der Waals surface area contributed by atoms with Crippen LogP contribution in [0.4, 0.5) is 0 Å². The molecule has 0 N–H and O–H groups in total. The van der Waals surface area contributed by atoms with Crippen LogP contribution in [0.1, 0.15) is 22.3 Å². The first-order valence-corrected chi connectivity index (χ1v) is 10.2. The van der Waals surface area contributed by atoms with Crippen molar-refractivity contribution in [2.24, 2.45) is 0 Å². The number of hydrogen-bond acceptors (Lipinski definition) is 3. The molecule has 0 aromatic heterocycles. The van der Waals surface area contributed by atoms with E-state index in [1.165, 1.54) is 4.31 Å². The Hall–Kier alpha value is -1.95. The minimum absolute atomic E-state index is 0.193. The summed E-state index contributed by atoms with van der Waals surface area (Å²) in [6.07, 6.45) is 1.69. The Kier molecular flexibility index (Phi) is 5.32.